The fourth-order valence-electron chi connectivity index (χ4n) is 1.77. The molecule has 2 rings (SSSR count). The minimum Gasteiger partial charge on any atom is -0.490 e. The number of aromatic nitrogens is 1. The maximum Gasteiger partial charge on any atom is 0.157 e. The molecule has 1 unspecified atom stereocenters. The molecule has 1 aromatic rings. The topological polar surface area (TPSA) is 64.4 Å². The molecule has 96 valence electrons. The third kappa shape index (κ3) is 3.69. The van der Waals surface area contributed by atoms with Crippen molar-refractivity contribution in [3.63, 3.8) is 0 Å². The molecule has 5 heteroatoms. The minimum absolute atomic E-state index is 0.102. The van der Waals surface area contributed by atoms with Crippen molar-refractivity contribution >= 4 is 0 Å². The Labute approximate surface area is 106 Å². The molecule has 1 saturated heterocycles. The molecule has 0 spiro atoms. The van der Waals surface area contributed by atoms with Crippen molar-refractivity contribution < 1.29 is 14.2 Å². The molecule has 5 nitrogen and oxygen atoms in total. The summed E-state index contributed by atoms with van der Waals surface area (Å²) in [5, 5.41) is 8.86. The third-order valence-corrected chi connectivity index (χ3v) is 2.68. The van der Waals surface area contributed by atoms with Crippen LogP contribution in [0.5, 0.6) is 5.75 Å². The van der Waals surface area contributed by atoms with Crippen molar-refractivity contribution in [2.24, 2.45) is 0 Å². The van der Waals surface area contributed by atoms with E-state index in [0.717, 1.165) is 25.9 Å². The summed E-state index contributed by atoms with van der Waals surface area (Å²) in [6, 6.07) is 3.71. The number of pyridine rings is 1. The van der Waals surface area contributed by atoms with Gasteiger partial charge in [0.25, 0.3) is 0 Å². The molecule has 1 aromatic heterocycles. The van der Waals surface area contributed by atoms with Crippen LogP contribution in [0.3, 0.4) is 0 Å². The van der Waals surface area contributed by atoms with Gasteiger partial charge >= 0.3 is 0 Å². The molecular weight excluding hydrogens is 232 g/mol. The Morgan fingerprint density at radius 3 is 3.17 bits per heavy atom. The zero-order valence-electron chi connectivity index (χ0n) is 10.2. The van der Waals surface area contributed by atoms with E-state index in [9.17, 15) is 0 Å². The van der Waals surface area contributed by atoms with E-state index in [1.54, 1.807) is 12.3 Å². The van der Waals surface area contributed by atoms with Gasteiger partial charge in [0.05, 0.1) is 6.61 Å². The smallest absolute Gasteiger partial charge is 0.157 e. The van der Waals surface area contributed by atoms with Crippen LogP contribution in [0.25, 0.3) is 0 Å². The molecule has 2 heterocycles. The fourth-order valence-corrected chi connectivity index (χ4v) is 1.77. The largest absolute Gasteiger partial charge is 0.490 e. The van der Waals surface area contributed by atoms with Crippen LogP contribution in [-0.4, -0.2) is 31.1 Å². The van der Waals surface area contributed by atoms with Crippen LogP contribution in [-0.2, 0) is 9.47 Å². The molecule has 18 heavy (non-hydrogen) atoms. The number of ether oxygens (including phenoxy) is 3. The molecule has 0 saturated carbocycles. The predicted octanol–water partition coefficient (Wildman–Crippen LogP) is 1.88. The van der Waals surface area contributed by atoms with Crippen LogP contribution in [0.15, 0.2) is 18.5 Å². The summed E-state index contributed by atoms with van der Waals surface area (Å²) >= 11 is 0. The summed E-state index contributed by atoms with van der Waals surface area (Å²) in [6.07, 6.45) is 6.18. The van der Waals surface area contributed by atoms with Crippen molar-refractivity contribution in [2.75, 3.05) is 19.8 Å². The fraction of sp³-hybridized carbons (Fsp3) is 0.538. The summed E-state index contributed by atoms with van der Waals surface area (Å²) in [7, 11) is 0. The zero-order chi connectivity index (χ0) is 12.6. The SMILES string of the molecule is N#Cc1cnccc1OCCOC1CCCCO1. The van der Waals surface area contributed by atoms with Crippen molar-refractivity contribution in [1.82, 2.24) is 4.98 Å². The highest BCUT2D eigenvalue weighted by atomic mass is 16.7. The van der Waals surface area contributed by atoms with Gasteiger partial charge in [0.15, 0.2) is 6.29 Å². The minimum atomic E-state index is -0.102. The second-order valence-electron chi connectivity index (χ2n) is 4.00. The first-order valence-corrected chi connectivity index (χ1v) is 6.10. The molecule has 1 atom stereocenters. The van der Waals surface area contributed by atoms with Gasteiger partial charge in [0.1, 0.15) is 24.0 Å². The first-order chi connectivity index (χ1) is 8.90. The van der Waals surface area contributed by atoms with E-state index in [0.29, 0.717) is 24.5 Å². The second-order valence-corrected chi connectivity index (χ2v) is 4.00. The average Bonchev–Trinajstić information content (AvgIpc) is 2.45. The molecule has 0 aromatic carbocycles. The van der Waals surface area contributed by atoms with E-state index >= 15 is 0 Å². The van der Waals surface area contributed by atoms with E-state index in [1.807, 2.05) is 6.07 Å². The van der Waals surface area contributed by atoms with Gasteiger partial charge in [-0.05, 0) is 25.3 Å². The Kier molecular flexibility index (Phi) is 4.94. The number of hydrogen-bond acceptors (Lipinski definition) is 5. The van der Waals surface area contributed by atoms with Gasteiger partial charge in [-0.1, -0.05) is 0 Å². The quantitative estimate of drug-likeness (QED) is 0.744. The monoisotopic (exact) mass is 248 g/mol. The highest BCUT2D eigenvalue weighted by Gasteiger charge is 2.13. The van der Waals surface area contributed by atoms with Crippen LogP contribution in [0.4, 0.5) is 0 Å². The lowest BCUT2D eigenvalue weighted by atomic mass is 10.2. The summed E-state index contributed by atoms with van der Waals surface area (Å²) in [5.74, 6) is 0.542. The van der Waals surface area contributed by atoms with Crippen molar-refractivity contribution in [1.29, 1.82) is 5.26 Å². The first kappa shape index (κ1) is 12.8. The maximum absolute atomic E-state index is 8.86. The van der Waals surface area contributed by atoms with E-state index in [-0.39, 0.29) is 6.29 Å². The lowest BCUT2D eigenvalue weighted by Crippen LogP contribution is -2.24. The highest BCUT2D eigenvalue weighted by molar-refractivity contribution is 5.39. The molecule has 0 aliphatic carbocycles. The number of nitriles is 1. The Morgan fingerprint density at radius 1 is 1.44 bits per heavy atom. The molecule has 0 bridgehead atoms. The standard InChI is InChI=1S/C13H16N2O3/c14-9-11-10-15-5-4-12(11)16-7-8-18-13-3-1-2-6-17-13/h4-5,10,13H,1-3,6-8H2. The normalized spacial score (nSPS) is 19.2. The van der Waals surface area contributed by atoms with Crippen LogP contribution in [0.2, 0.25) is 0 Å². The molecule has 0 N–H and O–H groups in total. The van der Waals surface area contributed by atoms with E-state index in [1.165, 1.54) is 6.20 Å². The number of hydrogen-bond donors (Lipinski definition) is 0. The van der Waals surface area contributed by atoms with Crippen molar-refractivity contribution in [3.05, 3.63) is 24.0 Å². The number of rotatable bonds is 5. The third-order valence-electron chi connectivity index (χ3n) is 2.68. The summed E-state index contributed by atoms with van der Waals surface area (Å²) in [5.41, 5.74) is 0.436. The van der Waals surface area contributed by atoms with Crippen LogP contribution >= 0.6 is 0 Å². The Balaban J connectivity index is 1.70. The van der Waals surface area contributed by atoms with E-state index in [2.05, 4.69) is 4.98 Å². The molecular formula is C13H16N2O3. The Morgan fingerprint density at radius 2 is 2.39 bits per heavy atom. The summed E-state index contributed by atoms with van der Waals surface area (Å²) < 4.78 is 16.4. The zero-order valence-corrected chi connectivity index (χ0v) is 10.2. The second kappa shape index (κ2) is 6.94. The van der Waals surface area contributed by atoms with Crippen molar-refractivity contribution in [3.8, 4) is 11.8 Å². The average molecular weight is 248 g/mol. The molecule has 0 radical (unpaired) electrons. The van der Waals surface area contributed by atoms with Gasteiger partial charge in [-0.15, -0.1) is 0 Å². The summed E-state index contributed by atoms with van der Waals surface area (Å²) in [6.45, 7) is 1.63. The lowest BCUT2D eigenvalue weighted by Gasteiger charge is -2.22. The molecule has 1 fully saturated rings. The Bertz CT molecular complexity index is 411. The van der Waals surface area contributed by atoms with Gasteiger partial charge in [-0.3, -0.25) is 4.98 Å². The molecule has 0 amide bonds. The summed E-state index contributed by atoms with van der Waals surface area (Å²) in [4.78, 5) is 3.86. The number of nitrogens with zero attached hydrogens (tertiary/aromatic N) is 2. The van der Waals surface area contributed by atoms with Gasteiger partial charge < -0.3 is 14.2 Å². The Hall–Kier alpha value is -1.64. The maximum atomic E-state index is 8.86. The van der Waals surface area contributed by atoms with Gasteiger partial charge in [-0.2, -0.15) is 5.26 Å². The van der Waals surface area contributed by atoms with Crippen LogP contribution < -0.4 is 4.74 Å². The predicted molar refractivity (Wildman–Crippen MR) is 64.0 cm³/mol. The van der Waals surface area contributed by atoms with E-state index < -0.39 is 0 Å². The van der Waals surface area contributed by atoms with Gasteiger partial charge in [-0.25, -0.2) is 0 Å². The van der Waals surface area contributed by atoms with Crippen LogP contribution in [0, 0.1) is 11.3 Å². The first-order valence-electron chi connectivity index (χ1n) is 6.10. The van der Waals surface area contributed by atoms with Gasteiger partial charge in [0.2, 0.25) is 0 Å². The van der Waals surface area contributed by atoms with Crippen molar-refractivity contribution in [2.45, 2.75) is 25.6 Å². The van der Waals surface area contributed by atoms with Gasteiger partial charge in [0, 0.05) is 19.0 Å². The highest BCUT2D eigenvalue weighted by Crippen LogP contribution is 2.16. The van der Waals surface area contributed by atoms with Crippen LogP contribution in [0.1, 0.15) is 24.8 Å². The lowest BCUT2D eigenvalue weighted by molar-refractivity contribution is -0.165. The molecule has 1 aliphatic heterocycles. The van der Waals surface area contributed by atoms with E-state index in [4.69, 9.17) is 19.5 Å². The molecule has 1 aliphatic rings.